The number of nitriles is 1. The Morgan fingerprint density at radius 2 is 2.14 bits per heavy atom. The molecular formula is C15H15N3O2S. The van der Waals surface area contributed by atoms with Crippen LogP contribution in [0.4, 0.5) is 4.79 Å². The molecule has 0 saturated heterocycles. The molecule has 1 amide bonds. The molecule has 0 aliphatic rings. The number of thiol groups is 1. The normalized spacial score (nSPS) is 10.1. The van der Waals surface area contributed by atoms with Gasteiger partial charge in [0.1, 0.15) is 5.76 Å². The van der Waals surface area contributed by atoms with E-state index in [0.29, 0.717) is 18.2 Å². The zero-order chi connectivity index (χ0) is 15.2. The highest BCUT2D eigenvalue weighted by Crippen LogP contribution is 2.22. The van der Waals surface area contributed by atoms with Gasteiger partial charge in [-0.25, -0.2) is 4.98 Å². The molecule has 0 saturated carbocycles. The first-order valence-corrected chi connectivity index (χ1v) is 6.93. The molecule has 6 heteroatoms. The second kappa shape index (κ2) is 6.95. The summed E-state index contributed by atoms with van der Waals surface area (Å²) in [4.78, 5) is 17.3. The van der Waals surface area contributed by atoms with E-state index in [0.717, 1.165) is 11.3 Å². The van der Waals surface area contributed by atoms with Crippen molar-refractivity contribution in [2.75, 3.05) is 6.54 Å². The highest BCUT2D eigenvalue weighted by molar-refractivity contribution is 7.96. The molecular weight excluding hydrogens is 286 g/mol. The number of aromatic nitrogens is 1. The van der Waals surface area contributed by atoms with E-state index in [2.05, 4.69) is 17.6 Å². The molecule has 0 aliphatic carbocycles. The van der Waals surface area contributed by atoms with E-state index >= 15 is 0 Å². The van der Waals surface area contributed by atoms with Crippen LogP contribution < -0.4 is 0 Å². The number of rotatable bonds is 5. The van der Waals surface area contributed by atoms with Crippen molar-refractivity contribution in [1.29, 1.82) is 5.26 Å². The van der Waals surface area contributed by atoms with Gasteiger partial charge in [-0.15, -0.1) is 0 Å². The Kier molecular flexibility index (Phi) is 5.01. The standard InChI is InChI=1S/C15H15N3O2S/c1-11-13(10-18(15(19)21)9-5-8-16)20-14(17-11)12-6-3-2-4-7-12/h2-4,6-7H,5,9-10H2,1H3,(H,19,21). The van der Waals surface area contributed by atoms with Crippen molar-refractivity contribution < 1.29 is 9.21 Å². The van der Waals surface area contributed by atoms with E-state index < -0.39 is 0 Å². The Morgan fingerprint density at radius 1 is 1.43 bits per heavy atom. The Hall–Kier alpha value is -2.26. The molecule has 0 unspecified atom stereocenters. The van der Waals surface area contributed by atoms with Crippen molar-refractivity contribution >= 4 is 17.9 Å². The number of benzene rings is 1. The van der Waals surface area contributed by atoms with E-state index in [-0.39, 0.29) is 18.2 Å². The molecule has 0 N–H and O–H groups in total. The minimum Gasteiger partial charge on any atom is -0.439 e. The molecule has 0 bridgehead atoms. The van der Waals surface area contributed by atoms with Gasteiger partial charge in [-0.2, -0.15) is 5.26 Å². The molecule has 0 atom stereocenters. The zero-order valence-corrected chi connectivity index (χ0v) is 12.5. The van der Waals surface area contributed by atoms with Crippen LogP contribution in [0.5, 0.6) is 0 Å². The highest BCUT2D eigenvalue weighted by Gasteiger charge is 2.17. The summed E-state index contributed by atoms with van der Waals surface area (Å²) in [6.07, 6.45) is 0.255. The minimum absolute atomic E-state index is 0.255. The largest absolute Gasteiger partial charge is 0.439 e. The van der Waals surface area contributed by atoms with Crippen molar-refractivity contribution in [3.05, 3.63) is 41.8 Å². The second-order valence-corrected chi connectivity index (χ2v) is 4.89. The fourth-order valence-corrected chi connectivity index (χ4v) is 2.05. The van der Waals surface area contributed by atoms with Crippen molar-refractivity contribution in [1.82, 2.24) is 9.88 Å². The number of carbonyl (C=O) groups excluding carboxylic acids is 1. The number of oxazole rings is 1. The Bertz CT molecular complexity index is 661. The maximum absolute atomic E-state index is 11.5. The van der Waals surface area contributed by atoms with Gasteiger partial charge in [-0.1, -0.05) is 30.8 Å². The lowest BCUT2D eigenvalue weighted by atomic mass is 10.2. The smallest absolute Gasteiger partial charge is 0.278 e. The third-order valence-electron chi connectivity index (χ3n) is 3.01. The second-order valence-electron chi connectivity index (χ2n) is 4.51. The number of aryl methyl sites for hydroxylation is 1. The SMILES string of the molecule is Cc1nc(-c2ccccc2)oc1CN(CCC#N)C(=O)S. The molecule has 1 aromatic carbocycles. The van der Waals surface area contributed by atoms with Gasteiger partial charge in [-0.3, -0.25) is 4.79 Å². The van der Waals surface area contributed by atoms with Gasteiger partial charge in [0.05, 0.1) is 24.7 Å². The summed E-state index contributed by atoms with van der Waals surface area (Å²) in [5, 5.41) is 8.23. The Labute approximate surface area is 128 Å². The third-order valence-corrected chi connectivity index (χ3v) is 3.29. The number of hydrogen-bond donors (Lipinski definition) is 1. The van der Waals surface area contributed by atoms with Gasteiger partial charge in [-0.05, 0) is 19.1 Å². The molecule has 2 aromatic rings. The molecule has 108 valence electrons. The van der Waals surface area contributed by atoms with E-state index in [4.69, 9.17) is 9.68 Å². The van der Waals surface area contributed by atoms with E-state index in [9.17, 15) is 4.79 Å². The van der Waals surface area contributed by atoms with Crippen LogP contribution in [0.15, 0.2) is 34.7 Å². The average molecular weight is 301 g/mol. The van der Waals surface area contributed by atoms with Crippen molar-refractivity contribution in [2.24, 2.45) is 0 Å². The minimum atomic E-state index is -0.387. The summed E-state index contributed by atoms with van der Waals surface area (Å²) in [6, 6.07) is 11.6. The fraction of sp³-hybridized carbons (Fsp3) is 0.267. The molecule has 0 spiro atoms. The molecule has 0 fully saturated rings. The molecule has 1 aromatic heterocycles. The predicted molar refractivity (Wildman–Crippen MR) is 81.7 cm³/mol. The van der Waals surface area contributed by atoms with Crippen molar-refractivity contribution in [3.63, 3.8) is 0 Å². The van der Waals surface area contributed by atoms with Crippen LogP contribution in [0.1, 0.15) is 17.9 Å². The number of amides is 1. The summed E-state index contributed by atoms with van der Waals surface area (Å²) in [5.41, 5.74) is 1.61. The Balaban J connectivity index is 2.19. The van der Waals surface area contributed by atoms with Crippen LogP contribution in [0.3, 0.4) is 0 Å². The summed E-state index contributed by atoms with van der Waals surface area (Å²) in [5.74, 6) is 1.13. The van der Waals surface area contributed by atoms with Crippen LogP contribution in [-0.2, 0) is 6.54 Å². The first kappa shape index (κ1) is 15.1. The Morgan fingerprint density at radius 3 is 2.76 bits per heavy atom. The van der Waals surface area contributed by atoms with Crippen LogP contribution in [-0.4, -0.2) is 21.7 Å². The summed E-state index contributed by atoms with van der Waals surface area (Å²) in [7, 11) is 0. The quantitative estimate of drug-likeness (QED) is 0.859. The topological polar surface area (TPSA) is 70.1 Å². The van der Waals surface area contributed by atoms with Gasteiger partial charge in [0.15, 0.2) is 0 Å². The van der Waals surface area contributed by atoms with Gasteiger partial charge in [0.25, 0.3) is 5.24 Å². The first-order chi connectivity index (χ1) is 10.1. The lowest BCUT2D eigenvalue weighted by molar-refractivity contribution is 0.217. The van der Waals surface area contributed by atoms with E-state index in [1.165, 1.54) is 4.90 Å². The van der Waals surface area contributed by atoms with Crippen molar-refractivity contribution in [3.8, 4) is 17.5 Å². The number of hydrogen-bond acceptors (Lipinski definition) is 4. The van der Waals surface area contributed by atoms with Gasteiger partial charge in [0, 0.05) is 12.1 Å². The molecule has 2 rings (SSSR count). The summed E-state index contributed by atoms with van der Waals surface area (Å²) >= 11 is 3.82. The average Bonchev–Trinajstić information content (AvgIpc) is 2.85. The number of nitrogens with zero attached hydrogens (tertiary/aromatic N) is 3. The number of carbonyl (C=O) groups is 1. The van der Waals surface area contributed by atoms with E-state index in [1.54, 1.807) is 0 Å². The molecule has 5 nitrogen and oxygen atoms in total. The highest BCUT2D eigenvalue weighted by atomic mass is 32.1. The van der Waals surface area contributed by atoms with Crippen LogP contribution in [0, 0.1) is 18.3 Å². The van der Waals surface area contributed by atoms with Gasteiger partial charge >= 0.3 is 0 Å². The molecule has 0 radical (unpaired) electrons. The van der Waals surface area contributed by atoms with E-state index in [1.807, 2.05) is 43.3 Å². The van der Waals surface area contributed by atoms with Gasteiger partial charge < -0.3 is 9.32 Å². The monoisotopic (exact) mass is 301 g/mol. The fourth-order valence-electron chi connectivity index (χ4n) is 1.88. The summed E-state index contributed by atoms with van der Waals surface area (Å²) in [6.45, 7) is 2.41. The predicted octanol–water partition coefficient (Wildman–Crippen LogP) is 3.42. The van der Waals surface area contributed by atoms with Crippen molar-refractivity contribution in [2.45, 2.75) is 19.9 Å². The van der Waals surface area contributed by atoms with Gasteiger partial charge in [0.2, 0.25) is 5.89 Å². The molecule has 0 aliphatic heterocycles. The lowest BCUT2D eigenvalue weighted by Crippen LogP contribution is -2.26. The first-order valence-electron chi connectivity index (χ1n) is 6.48. The van der Waals surface area contributed by atoms with Crippen LogP contribution in [0.2, 0.25) is 0 Å². The van der Waals surface area contributed by atoms with Crippen LogP contribution >= 0.6 is 12.6 Å². The molecule has 1 heterocycles. The maximum atomic E-state index is 11.5. The summed E-state index contributed by atoms with van der Waals surface area (Å²) < 4.78 is 5.74. The zero-order valence-electron chi connectivity index (χ0n) is 11.6. The third kappa shape index (κ3) is 3.86. The van der Waals surface area contributed by atoms with Crippen LogP contribution in [0.25, 0.3) is 11.5 Å². The maximum Gasteiger partial charge on any atom is 0.278 e. The molecule has 21 heavy (non-hydrogen) atoms. The lowest BCUT2D eigenvalue weighted by Gasteiger charge is -2.17.